The second-order valence-electron chi connectivity index (χ2n) is 6.25. The number of benzene rings is 2. The zero-order valence-corrected chi connectivity index (χ0v) is 17.1. The summed E-state index contributed by atoms with van der Waals surface area (Å²) in [6.07, 6.45) is 1.70. The summed E-state index contributed by atoms with van der Waals surface area (Å²) >= 11 is 4.41. The summed E-state index contributed by atoms with van der Waals surface area (Å²) in [7, 11) is 0. The van der Waals surface area contributed by atoms with Gasteiger partial charge in [0, 0.05) is 6.04 Å². The van der Waals surface area contributed by atoms with Crippen LogP contribution in [0.4, 0.5) is 9.18 Å². The van der Waals surface area contributed by atoms with Crippen LogP contribution in [0.2, 0.25) is 0 Å². The van der Waals surface area contributed by atoms with Crippen molar-refractivity contribution in [3.8, 4) is 5.75 Å². The van der Waals surface area contributed by atoms with Gasteiger partial charge >= 0.3 is 0 Å². The Morgan fingerprint density at radius 1 is 1.19 bits per heavy atom. The first-order chi connectivity index (χ1) is 12.8. The summed E-state index contributed by atoms with van der Waals surface area (Å²) in [5.74, 6) is 0.0747. The van der Waals surface area contributed by atoms with Crippen LogP contribution in [0, 0.1) is 5.82 Å². The molecular formula is C20H17BrFNO3S. The fourth-order valence-corrected chi connectivity index (χ4v) is 4.01. The smallest absolute Gasteiger partial charge is 0.293 e. The zero-order chi connectivity index (χ0) is 19.6. The van der Waals surface area contributed by atoms with Crippen molar-refractivity contribution in [3.05, 3.63) is 68.8 Å². The molecule has 2 amide bonds. The zero-order valence-electron chi connectivity index (χ0n) is 14.7. The summed E-state index contributed by atoms with van der Waals surface area (Å²) in [5, 5.41) is -0.250. The molecule has 140 valence electrons. The van der Waals surface area contributed by atoms with Gasteiger partial charge in [0.2, 0.25) is 0 Å². The van der Waals surface area contributed by atoms with Crippen LogP contribution in [0.25, 0.3) is 6.08 Å². The maximum absolute atomic E-state index is 12.9. The highest BCUT2D eigenvalue weighted by atomic mass is 79.9. The molecule has 0 aromatic heterocycles. The van der Waals surface area contributed by atoms with Gasteiger partial charge < -0.3 is 4.74 Å². The van der Waals surface area contributed by atoms with Crippen molar-refractivity contribution in [1.29, 1.82) is 0 Å². The molecule has 2 aromatic carbocycles. The molecule has 0 radical (unpaired) electrons. The number of carbonyl (C=O) groups is 2. The van der Waals surface area contributed by atoms with E-state index in [0.717, 1.165) is 27.4 Å². The van der Waals surface area contributed by atoms with Crippen molar-refractivity contribution >= 4 is 44.9 Å². The third kappa shape index (κ3) is 4.59. The fourth-order valence-electron chi connectivity index (χ4n) is 2.54. The van der Waals surface area contributed by atoms with E-state index in [1.807, 2.05) is 26.0 Å². The molecule has 1 heterocycles. The lowest BCUT2D eigenvalue weighted by molar-refractivity contribution is -0.123. The van der Waals surface area contributed by atoms with Crippen LogP contribution in [-0.2, 0) is 11.4 Å². The summed E-state index contributed by atoms with van der Waals surface area (Å²) in [6.45, 7) is 3.93. The lowest BCUT2D eigenvalue weighted by Crippen LogP contribution is -2.34. The van der Waals surface area contributed by atoms with Gasteiger partial charge in [0.15, 0.2) is 0 Å². The molecule has 4 nitrogen and oxygen atoms in total. The Labute approximate surface area is 169 Å². The van der Waals surface area contributed by atoms with Gasteiger partial charge in [-0.05, 0) is 83.0 Å². The molecule has 27 heavy (non-hydrogen) atoms. The predicted octanol–water partition coefficient (Wildman–Crippen LogP) is 5.61. The molecular weight excluding hydrogens is 433 g/mol. The second kappa shape index (κ2) is 8.27. The molecule has 7 heteroatoms. The Morgan fingerprint density at radius 2 is 1.89 bits per heavy atom. The van der Waals surface area contributed by atoms with Crippen LogP contribution in [0.3, 0.4) is 0 Å². The first-order valence-corrected chi connectivity index (χ1v) is 9.90. The minimum absolute atomic E-state index is 0.169. The van der Waals surface area contributed by atoms with Gasteiger partial charge in [0.25, 0.3) is 11.1 Å². The van der Waals surface area contributed by atoms with Crippen molar-refractivity contribution in [2.75, 3.05) is 0 Å². The normalized spacial score (nSPS) is 15.9. The van der Waals surface area contributed by atoms with Gasteiger partial charge in [0.1, 0.15) is 18.2 Å². The Morgan fingerprint density at radius 3 is 2.48 bits per heavy atom. The molecule has 0 bridgehead atoms. The van der Waals surface area contributed by atoms with Crippen molar-refractivity contribution in [2.24, 2.45) is 0 Å². The topological polar surface area (TPSA) is 46.6 Å². The number of rotatable bonds is 5. The molecule has 3 rings (SSSR count). The van der Waals surface area contributed by atoms with E-state index in [-0.39, 0.29) is 23.0 Å². The van der Waals surface area contributed by atoms with Gasteiger partial charge in [-0.2, -0.15) is 0 Å². The highest BCUT2D eigenvalue weighted by Crippen LogP contribution is 2.35. The number of hydrogen-bond donors (Lipinski definition) is 0. The molecule has 0 atom stereocenters. The number of amides is 2. The predicted molar refractivity (Wildman–Crippen MR) is 108 cm³/mol. The second-order valence-corrected chi connectivity index (χ2v) is 8.10. The quantitative estimate of drug-likeness (QED) is 0.556. The van der Waals surface area contributed by atoms with E-state index in [1.54, 1.807) is 24.3 Å². The van der Waals surface area contributed by atoms with Crippen molar-refractivity contribution in [2.45, 2.75) is 26.5 Å². The monoisotopic (exact) mass is 449 g/mol. The van der Waals surface area contributed by atoms with Crippen molar-refractivity contribution in [1.82, 2.24) is 4.90 Å². The van der Waals surface area contributed by atoms with E-state index in [2.05, 4.69) is 15.9 Å². The Kier molecular flexibility index (Phi) is 6.01. The van der Waals surface area contributed by atoms with Gasteiger partial charge in [-0.1, -0.05) is 18.2 Å². The highest BCUT2D eigenvalue weighted by molar-refractivity contribution is 9.10. The van der Waals surface area contributed by atoms with Crippen LogP contribution in [-0.4, -0.2) is 22.1 Å². The Bertz CT molecular complexity index is 912. The number of nitrogens with zero attached hydrogens (tertiary/aromatic N) is 1. The summed E-state index contributed by atoms with van der Waals surface area (Å²) in [4.78, 5) is 26.0. The van der Waals surface area contributed by atoms with Crippen LogP contribution < -0.4 is 4.74 Å². The summed E-state index contributed by atoms with van der Waals surface area (Å²) < 4.78 is 19.4. The van der Waals surface area contributed by atoms with E-state index >= 15 is 0 Å². The molecule has 2 aromatic rings. The first-order valence-electron chi connectivity index (χ1n) is 8.29. The number of hydrogen-bond acceptors (Lipinski definition) is 4. The van der Waals surface area contributed by atoms with Crippen LogP contribution in [0.5, 0.6) is 5.75 Å². The SMILES string of the molecule is CC(C)N1C(=O)S/C(=C\c2ccc(OCc3ccc(F)cc3)c(Br)c2)C1=O. The molecule has 0 N–H and O–H groups in total. The first kappa shape index (κ1) is 19.6. The van der Waals surface area contributed by atoms with E-state index < -0.39 is 0 Å². The minimum Gasteiger partial charge on any atom is -0.488 e. The van der Waals surface area contributed by atoms with Gasteiger partial charge in [-0.25, -0.2) is 4.39 Å². The average molecular weight is 450 g/mol. The number of thioether (sulfide) groups is 1. The number of halogens is 2. The van der Waals surface area contributed by atoms with Gasteiger partial charge in [0.05, 0.1) is 9.38 Å². The van der Waals surface area contributed by atoms with Crippen LogP contribution in [0.15, 0.2) is 51.8 Å². The molecule has 1 aliphatic heterocycles. The molecule has 0 spiro atoms. The molecule has 0 unspecified atom stereocenters. The third-order valence-electron chi connectivity index (χ3n) is 3.90. The minimum atomic E-state index is -0.286. The van der Waals surface area contributed by atoms with Crippen LogP contribution >= 0.6 is 27.7 Å². The maximum atomic E-state index is 12.9. The number of imide groups is 1. The van der Waals surface area contributed by atoms with Gasteiger partial charge in [-0.15, -0.1) is 0 Å². The summed E-state index contributed by atoms with van der Waals surface area (Å²) in [5.41, 5.74) is 1.64. The van der Waals surface area contributed by atoms with E-state index in [4.69, 9.17) is 4.74 Å². The standard InChI is InChI=1S/C20H17BrFNO3S/c1-12(2)23-19(24)18(27-20(23)25)10-14-5-8-17(16(21)9-14)26-11-13-3-6-15(22)7-4-13/h3-10,12H,11H2,1-2H3/b18-10-. The van der Waals surface area contributed by atoms with Crippen molar-refractivity contribution in [3.63, 3.8) is 0 Å². The van der Waals surface area contributed by atoms with Crippen molar-refractivity contribution < 1.29 is 18.7 Å². The molecule has 1 fully saturated rings. The largest absolute Gasteiger partial charge is 0.488 e. The number of carbonyl (C=O) groups excluding carboxylic acids is 2. The molecule has 0 saturated carbocycles. The molecule has 1 aliphatic rings. The maximum Gasteiger partial charge on any atom is 0.293 e. The molecule has 1 saturated heterocycles. The van der Waals surface area contributed by atoms with Crippen LogP contribution in [0.1, 0.15) is 25.0 Å². The summed E-state index contributed by atoms with van der Waals surface area (Å²) in [6, 6.07) is 11.4. The average Bonchev–Trinajstić information content (AvgIpc) is 2.89. The Balaban J connectivity index is 1.72. The van der Waals surface area contributed by atoms with Gasteiger partial charge in [-0.3, -0.25) is 14.5 Å². The lowest BCUT2D eigenvalue weighted by Gasteiger charge is -2.16. The lowest BCUT2D eigenvalue weighted by atomic mass is 10.2. The molecule has 0 aliphatic carbocycles. The highest BCUT2D eigenvalue weighted by Gasteiger charge is 2.36. The Hall–Kier alpha value is -2.12. The fraction of sp³-hybridized carbons (Fsp3) is 0.200. The van der Waals surface area contributed by atoms with E-state index in [9.17, 15) is 14.0 Å². The van der Waals surface area contributed by atoms with E-state index in [0.29, 0.717) is 17.3 Å². The third-order valence-corrected chi connectivity index (χ3v) is 5.40. The number of ether oxygens (including phenoxy) is 1. The van der Waals surface area contributed by atoms with E-state index in [1.165, 1.54) is 17.0 Å².